The molecule has 0 spiro atoms. The second kappa shape index (κ2) is 6.96. The molecule has 0 bridgehead atoms. The van der Waals surface area contributed by atoms with Crippen molar-refractivity contribution in [1.82, 2.24) is 24.8 Å². The van der Waals surface area contributed by atoms with Crippen LogP contribution in [0.15, 0.2) is 84.0 Å². The molecule has 0 amide bonds. The van der Waals surface area contributed by atoms with Gasteiger partial charge >= 0.3 is 0 Å². The van der Waals surface area contributed by atoms with Crippen molar-refractivity contribution in [3.05, 3.63) is 90.3 Å². The maximum Gasteiger partial charge on any atom is 0.216 e. The molecule has 0 saturated heterocycles. The molecule has 6 rings (SSSR count). The van der Waals surface area contributed by atoms with Crippen molar-refractivity contribution in [2.75, 3.05) is 18.2 Å². The van der Waals surface area contributed by atoms with Gasteiger partial charge in [0.15, 0.2) is 0 Å². The number of pyridine rings is 1. The fourth-order valence-electron chi connectivity index (χ4n) is 4.20. The monoisotopic (exact) mass is 395 g/mol. The first-order valence-electron chi connectivity index (χ1n) is 10.1. The molecule has 2 aliphatic rings. The van der Waals surface area contributed by atoms with E-state index in [1.54, 1.807) is 0 Å². The molecule has 7 heteroatoms. The molecule has 148 valence electrons. The number of benzene rings is 2. The number of nitrogens with one attached hydrogen (secondary N) is 1. The molecule has 1 atom stereocenters. The van der Waals surface area contributed by atoms with Gasteiger partial charge in [0, 0.05) is 12.7 Å². The van der Waals surface area contributed by atoms with E-state index in [0.717, 1.165) is 35.2 Å². The van der Waals surface area contributed by atoms with E-state index < -0.39 is 0 Å². The van der Waals surface area contributed by atoms with Crippen molar-refractivity contribution in [2.24, 2.45) is 4.99 Å². The van der Waals surface area contributed by atoms with Gasteiger partial charge in [-0.25, -0.2) is 9.98 Å². The fourth-order valence-corrected chi connectivity index (χ4v) is 4.20. The summed E-state index contributed by atoms with van der Waals surface area (Å²) in [4.78, 5) is 18.7. The zero-order valence-corrected chi connectivity index (χ0v) is 16.4. The van der Waals surface area contributed by atoms with Crippen LogP contribution in [0.2, 0.25) is 0 Å². The van der Waals surface area contributed by atoms with Gasteiger partial charge in [0.05, 0.1) is 30.1 Å². The molecule has 0 saturated carbocycles. The lowest BCUT2D eigenvalue weighted by atomic mass is 10.1. The Kier molecular flexibility index (Phi) is 3.99. The first-order chi connectivity index (χ1) is 14.9. The van der Waals surface area contributed by atoms with E-state index in [1.807, 2.05) is 36.5 Å². The summed E-state index contributed by atoms with van der Waals surface area (Å²) in [5.41, 5.74) is 4.31. The van der Waals surface area contributed by atoms with Crippen molar-refractivity contribution in [1.29, 1.82) is 0 Å². The van der Waals surface area contributed by atoms with Gasteiger partial charge in [-0.15, -0.1) is 0 Å². The van der Waals surface area contributed by atoms with Gasteiger partial charge in [-0.2, -0.15) is 0 Å². The molecule has 4 aromatic rings. The van der Waals surface area contributed by atoms with Crippen LogP contribution in [-0.4, -0.2) is 38.7 Å². The predicted octanol–water partition coefficient (Wildman–Crippen LogP) is 3.17. The van der Waals surface area contributed by atoms with E-state index in [1.165, 1.54) is 5.56 Å². The molecule has 2 aromatic carbocycles. The number of para-hydroxylation sites is 2. The van der Waals surface area contributed by atoms with Crippen LogP contribution < -0.4 is 10.2 Å². The minimum atomic E-state index is -0.0501. The number of hydrogen-bond acceptors (Lipinski definition) is 6. The highest BCUT2D eigenvalue weighted by Crippen LogP contribution is 2.33. The van der Waals surface area contributed by atoms with E-state index in [-0.39, 0.29) is 6.17 Å². The highest BCUT2D eigenvalue weighted by molar-refractivity contribution is 5.98. The molecule has 0 fully saturated rings. The van der Waals surface area contributed by atoms with Crippen LogP contribution in [-0.2, 0) is 6.54 Å². The Morgan fingerprint density at radius 2 is 1.77 bits per heavy atom. The summed E-state index contributed by atoms with van der Waals surface area (Å²) < 4.78 is 2.27. The topological polar surface area (TPSA) is 61.6 Å². The summed E-state index contributed by atoms with van der Waals surface area (Å²) in [5.74, 6) is 1.78. The van der Waals surface area contributed by atoms with Crippen molar-refractivity contribution in [3.63, 3.8) is 0 Å². The summed E-state index contributed by atoms with van der Waals surface area (Å²) in [7, 11) is 0. The average molecular weight is 395 g/mol. The molecule has 30 heavy (non-hydrogen) atoms. The normalized spacial score (nSPS) is 18.5. The third-order valence-electron chi connectivity index (χ3n) is 5.59. The zero-order valence-electron chi connectivity index (χ0n) is 16.4. The molecule has 4 heterocycles. The number of anilines is 1. The van der Waals surface area contributed by atoms with E-state index >= 15 is 0 Å². The van der Waals surface area contributed by atoms with Gasteiger partial charge in [-0.3, -0.25) is 19.4 Å². The maximum atomic E-state index is 4.98. The number of hydrogen-bond donors (Lipinski definition) is 1. The van der Waals surface area contributed by atoms with E-state index in [9.17, 15) is 0 Å². The SMILES string of the molecule is c1ccc(C2NC3=NCN(Cc4ccccn4)CN3c3nc4ccccc4n32)cc1. The molecule has 2 aliphatic heterocycles. The second-order valence-corrected chi connectivity index (χ2v) is 7.57. The van der Waals surface area contributed by atoms with Gasteiger partial charge in [-0.1, -0.05) is 48.5 Å². The standard InChI is InChI=1S/C23H21N7/c1-2-8-17(9-3-1)21-27-22-25-15-28(14-18-10-6-7-13-24-18)16-29(22)23-26-19-11-4-5-12-20(19)30(21)23/h1-13,21H,14-16H2,(H,25,27). The lowest BCUT2D eigenvalue weighted by Gasteiger charge is -2.41. The van der Waals surface area contributed by atoms with E-state index in [2.05, 4.69) is 67.1 Å². The van der Waals surface area contributed by atoms with Crippen molar-refractivity contribution >= 4 is 22.9 Å². The molecular formula is C23H21N7. The zero-order chi connectivity index (χ0) is 19.9. The Labute approximate surface area is 174 Å². The van der Waals surface area contributed by atoms with Crippen LogP contribution in [0.1, 0.15) is 17.4 Å². The van der Waals surface area contributed by atoms with Crippen LogP contribution in [0.3, 0.4) is 0 Å². The third kappa shape index (κ3) is 2.83. The Balaban J connectivity index is 1.42. The van der Waals surface area contributed by atoms with Crippen LogP contribution in [0, 0.1) is 0 Å². The average Bonchev–Trinajstić information content (AvgIpc) is 3.20. The van der Waals surface area contributed by atoms with Crippen LogP contribution in [0.25, 0.3) is 11.0 Å². The number of guanidine groups is 1. The molecular weight excluding hydrogens is 374 g/mol. The second-order valence-electron chi connectivity index (χ2n) is 7.57. The van der Waals surface area contributed by atoms with Gasteiger partial charge in [-0.05, 0) is 29.8 Å². The van der Waals surface area contributed by atoms with Gasteiger partial charge in [0.1, 0.15) is 6.17 Å². The third-order valence-corrected chi connectivity index (χ3v) is 5.59. The van der Waals surface area contributed by atoms with Crippen LogP contribution in [0.4, 0.5) is 5.95 Å². The Morgan fingerprint density at radius 1 is 0.933 bits per heavy atom. The van der Waals surface area contributed by atoms with Crippen molar-refractivity contribution in [2.45, 2.75) is 12.7 Å². The first-order valence-corrected chi connectivity index (χ1v) is 10.1. The number of aromatic nitrogens is 3. The van der Waals surface area contributed by atoms with Gasteiger partial charge in [0.25, 0.3) is 0 Å². The summed E-state index contributed by atoms with van der Waals surface area (Å²) in [6.07, 6.45) is 1.78. The molecule has 7 nitrogen and oxygen atoms in total. The molecule has 1 N–H and O–H groups in total. The number of rotatable bonds is 3. The quantitative estimate of drug-likeness (QED) is 0.577. The number of imidazole rings is 1. The Morgan fingerprint density at radius 3 is 2.63 bits per heavy atom. The minimum Gasteiger partial charge on any atom is -0.331 e. The summed E-state index contributed by atoms with van der Waals surface area (Å²) in [6, 6.07) is 24.8. The maximum absolute atomic E-state index is 4.98. The minimum absolute atomic E-state index is 0.0501. The summed E-state index contributed by atoms with van der Waals surface area (Å²) >= 11 is 0. The number of nitrogens with zero attached hydrogens (tertiary/aromatic N) is 6. The number of fused-ring (bicyclic) bond motifs is 5. The molecule has 1 unspecified atom stereocenters. The highest BCUT2D eigenvalue weighted by Gasteiger charge is 2.35. The summed E-state index contributed by atoms with van der Waals surface area (Å²) in [5, 5.41) is 3.65. The Bertz CT molecular complexity index is 1220. The molecule has 2 aromatic heterocycles. The Hall–Kier alpha value is -3.71. The predicted molar refractivity (Wildman–Crippen MR) is 117 cm³/mol. The number of aliphatic imine (C=N–C) groups is 1. The lowest BCUT2D eigenvalue weighted by molar-refractivity contribution is 0.261. The van der Waals surface area contributed by atoms with Gasteiger partial charge < -0.3 is 5.32 Å². The lowest BCUT2D eigenvalue weighted by Crippen LogP contribution is -2.57. The smallest absolute Gasteiger partial charge is 0.216 e. The van der Waals surface area contributed by atoms with Crippen molar-refractivity contribution < 1.29 is 0 Å². The van der Waals surface area contributed by atoms with E-state index in [4.69, 9.17) is 9.98 Å². The largest absolute Gasteiger partial charge is 0.331 e. The van der Waals surface area contributed by atoms with Crippen molar-refractivity contribution in [3.8, 4) is 0 Å². The first kappa shape index (κ1) is 17.2. The fraction of sp³-hybridized carbons (Fsp3) is 0.174. The van der Waals surface area contributed by atoms with E-state index in [0.29, 0.717) is 13.3 Å². The van der Waals surface area contributed by atoms with Gasteiger partial charge in [0.2, 0.25) is 11.9 Å². The van der Waals surface area contributed by atoms with Crippen LogP contribution in [0.5, 0.6) is 0 Å². The molecule has 0 aliphatic carbocycles. The molecule has 0 radical (unpaired) electrons. The highest BCUT2D eigenvalue weighted by atomic mass is 15.5. The summed E-state index contributed by atoms with van der Waals surface area (Å²) in [6.45, 7) is 2.07. The van der Waals surface area contributed by atoms with Crippen LogP contribution >= 0.6 is 0 Å².